The van der Waals surface area contributed by atoms with Crippen LogP contribution in [0.15, 0.2) is 36.5 Å². The van der Waals surface area contributed by atoms with Gasteiger partial charge in [0, 0.05) is 18.4 Å². The van der Waals surface area contributed by atoms with E-state index >= 15 is 0 Å². The third kappa shape index (κ3) is 2.54. The topological polar surface area (TPSA) is 79.5 Å². The molecule has 0 aliphatic carbocycles. The molecule has 1 heterocycles. The Morgan fingerprint density at radius 1 is 1.45 bits per heavy atom. The molecule has 1 aromatic carbocycles. The lowest BCUT2D eigenvalue weighted by Crippen LogP contribution is -2.20. The molecule has 6 heteroatoms. The molecule has 0 aliphatic rings. The second kappa shape index (κ2) is 5.56. The van der Waals surface area contributed by atoms with Gasteiger partial charge in [-0.1, -0.05) is 6.07 Å². The quantitative estimate of drug-likeness (QED) is 0.896. The minimum atomic E-state index is -1.12. The highest BCUT2D eigenvalue weighted by atomic mass is 19.1. The second-order valence-corrected chi connectivity index (χ2v) is 4.13. The number of carboxylic acid groups (broad SMARTS) is 1. The summed E-state index contributed by atoms with van der Waals surface area (Å²) in [5, 5.41) is 9.07. The minimum absolute atomic E-state index is 0.0233. The van der Waals surface area contributed by atoms with Gasteiger partial charge in [-0.2, -0.15) is 0 Å². The van der Waals surface area contributed by atoms with Crippen LogP contribution < -0.4 is 10.6 Å². The summed E-state index contributed by atoms with van der Waals surface area (Å²) >= 11 is 0. The Morgan fingerprint density at radius 3 is 2.80 bits per heavy atom. The molecule has 0 amide bonds. The number of benzene rings is 1. The van der Waals surface area contributed by atoms with E-state index in [9.17, 15) is 9.18 Å². The van der Waals surface area contributed by atoms with Gasteiger partial charge >= 0.3 is 5.97 Å². The molecular formula is C14H14FN3O2. The number of nitrogens with two attached hydrogens (primary N) is 1. The van der Waals surface area contributed by atoms with E-state index in [1.165, 1.54) is 24.4 Å². The number of hydrogen-bond donors (Lipinski definition) is 2. The fourth-order valence-corrected chi connectivity index (χ4v) is 1.96. The summed E-state index contributed by atoms with van der Waals surface area (Å²) in [6.07, 6.45) is 1.37. The van der Waals surface area contributed by atoms with E-state index in [0.29, 0.717) is 18.1 Å². The molecule has 0 bridgehead atoms. The number of anilines is 3. The molecule has 0 saturated heterocycles. The maximum absolute atomic E-state index is 13.3. The van der Waals surface area contributed by atoms with Crippen molar-refractivity contribution in [2.75, 3.05) is 17.2 Å². The summed E-state index contributed by atoms with van der Waals surface area (Å²) < 4.78 is 13.3. The highest BCUT2D eigenvalue weighted by Crippen LogP contribution is 2.30. The van der Waals surface area contributed by atoms with Crippen molar-refractivity contribution in [2.24, 2.45) is 0 Å². The van der Waals surface area contributed by atoms with Gasteiger partial charge in [-0.3, -0.25) is 0 Å². The summed E-state index contributed by atoms with van der Waals surface area (Å²) in [4.78, 5) is 16.9. The number of halogens is 1. The smallest absolute Gasteiger partial charge is 0.337 e. The van der Waals surface area contributed by atoms with Crippen molar-refractivity contribution in [3.63, 3.8) is 0 Å². The van der Waals surface area contributed by atoms with Crippen molar-refractivity contribution in [1.82, 2.24) is 4.98 Å². The maximum atomic E-state index is 13.3. The summed E-state index contributed by atoms with van der Waals surface area (Å²) in [7, 11) is 0. The molecule has 0 atom stereocenters. The summed E-state index contributed by atoms with van der Waals surface area (Å²) in [5.41, 5.74) is 6.46. The number of nitrogen functional groups attached to an aromatic ring is 1. The lowest BCUT2D eigenvalue weighted by Gasteiger charge is -2.24. The summed E-state index contributed by atoms with van der Waals surface area (Å²) in [6, 6.07) is 7.30. The molecule has 0 radical (unpaired) electrons. The van der Waals surface area contributed by atoms with Gasteiger partial charge in [-0.25, -0.2) is 14.2 Å². The SMILES string of the molecule is CCN(c1cccc(F)c1)c1nccc(C(=O)O)c1N. The number of aromatic nitrogens is 1. The van der Waals surface area contributed by atoms with Crippen molar-refractivity contribution in [1.29, 1.82) is 0 Å². The minimum Gasteiger partial charge on any atom is -0.478 e. The predicted octanol–water partition coefficient (Wildman–Crippen LogP) is 2.66. The van der Waals surface area contributed by atoms with Crippen LogP contribution in [-0.2, 0) is 0 Å². The first-order chi connectivity index (χ1) is 9.54. The van der Waals surface area contributed by atoms with Crippen LogP contribution in [0.3, 0.4) is 0 Å². The highest BCUT2D eigenvalue weighted by Gasteiger charge is 2.17. The van der Waals surface area contributed by atoms with Crippen LogP contribution in [0.2, 0.25) is 0 Å². The van der Waals surface area contributed by atoms with E-state index < -0.39 is 5.97 Å². The van der Waals surface area contributed by atoms with E-state index in [1.54, 1.807) is 17.0 Å². The van der Waals surface area contributed by atoms with Crippen LogP contribution >= 0.6 is 0 Å². The number of rotatable bonds is 4. The van der Waals surface area contributed by atoms with Crippen LogP contribution in [0.5, 0.6) is 0 Å². The summed E-state index contributed by atoms with van der Waals surface area (Å²) in [6.45, 7) is 2.32. The average Bonchev–Trinajstić information content (AvgIpc) is 2.41. The van der Waals surface area contributed by atoms with Crippen molar-refractivity contribution in [3.05, 3.63) is 47.9 Å². The molecular weight excluding hydrogens is 261 g/mol. The predicted molar refractivity (Wildman–Crippen MR) is 74.7 cm³/mol. The zero-order valence-corrected chi connectivity index (χ0v) is 10.9. The molecule has 2 rings (SSSR count). The fraction of sp³-hybridized carbons (Fsp3) is 0.143. The Bertz CT molecular complexity index is 646. The van der Waals surface area contributed by atoms with Gasteiger partial charge in [-0.05, 0) is 31.2 Å². The standard InChI is InChI=1S/C14H14FN3O2/c1-2-18(10-5-3-4-9(15)8-10)13-12(16)11(14(19)20)6-7-17-13/h3-8H,2,16H2,1H3,(H,19,20). The van der Waals surface area contributed by atoms with E-state index in [0.717, 1.165) is 0 Å². The molecule has 0 aliphatic heterocycles. The van der Waals surface area contributed by atoms with Crippen molar-refractivity contribution >= 4 is 23.2 Å². The van der Waals surface area contributed by atoms with Gasteiger partial charge in [0.15, 0.2) is 5.82 Å². The van der Waals surface area contributed by atoms with Gasteiger partial charge in [0.1, 0.15) is 5.82 Å². The zero-order valence-electron chi connectivity index (χ0n) is 10.9. The van der Waals surface area contributed by atoms with Gasteiger partial charge in [-0.15, -0.1) is 0 Å². The highest BCUT2D eigenvalue weighted by molar-refractivity contribution is 5.97. The number of carbonyl (C=O) groups is 1. The molecule has 5 nitrogen and oxygen atoms in total. The van der Waals surface area contributed by atoms with Gasteiger partial charge in [0.05, 0.1) is 11.3 Å². The fourth-order valence-electron chi connectivity index (χ4n) is 1.96. The Balaban J connectivity index is 2.53. The Morgan fingerprint density at radius 2 is 2.20 bits per heavy atom. The van der Waals surface area contributed by atoms with Crippen LogP contribution in [0, 0.1) is 5.82 Å². The molecule has 0 unspecified atom stereocenters. The van der Waals surface area contributed by atoms with Gasteiger partial charge in [0.25, 0.3) is 0 Å². The first kappa shape index (κ1) is 13.8. The molecule has 0 saturated carbocycles. The monoisotopic (exact) mass is 275 g/mol. The second-order valence-electron chi connectivity index (χ2n) is 4.13. The number of carboxylic acids is 1. The lowest BCUT2D eigenvalue weighted by atomic mass is 10.2. The largest absolute Gasteiger partial charge is 0.478 e. The number of nitrogens with zero attached hydrogens (tertiary/aromatic N) is 2. The van der Waals surface area contributed by atoms with Crippen LogP contribution in [0.1, 0.15) is 17.3 Å². The average molecular weight is 275 g/mol. The molecule has 20 heavy (non-hydrogen) atoms. The van der Waals surface area contributed by atoms with Crippen molar-refractivity contribution in [2.45, 2.75) is 6.92 Å². The third-order valence-corrected chi connectivity index (χ3v) is 2.89. The number of pyridine rings is 1. The normalized spacial score (nSPS) is 10.3. The van der Waals surface area contributed by atoms with Gasteiger partial charge < -0.3 is 15.7 Å². The van der Waals surface area contributed by atoms with Crippen LogP contribution in [-0.4, -0.2) is 22.6 Å². The molecule has 3 N–H and O–H groups in total. The Hall–Kier alpha value is -2.63. The third-order valence-electron chi connectivity index (χ3n) is 2.89. The molecule has 1 aromatic heterocycles. The van der Waals surface area contributed by atoms with Gasteiger partial charge in [0.2, 0.25) is 0 Å². The lowest BCUT2D eigenvalue weighted by molar-refractivity contribution is 0.0698. The van der Waals surface area contributed by atoms with Crippen LogP contribution in [0.25, 0.3) is 0 Å². The first-order valence-electron chi connectivity index (χ1n) is 6.05. The molecule has 0 spiro atoms. The van der Waals surface area contributed by atoms with E-state index in [-0.39, 0.29) is 17.1 Å². The zero-order chi connectivity index (χ0) is 14.7. The molecule has 104 valence electrons. The maximum Gasteiger partial charge on any atom is 0.337 e. The van der Waals surface area contributed by atoms with Crippen molar-refractivity contribution < 1.29 is 14.3 Å². The van der Waals surface area contributed by atoms with E-state index in [2.05, 4.69) is 4.98 Å². The first-order valence-corrected chi connectivity index (χ1v) is 6.05. The van der Waals surface area contributed by atoms with E-state index in [4.69, 9.17) is 10.8 Å². The molecule has 0 fully saturated rings. The Kier molecular flexibility index (Phi) is 3.84. The number of hydrogen-bond acceptors (Lipinski definition) is 4. The van der Waals surface area contributed by atoms with Crippen molar-refractivity contribution in [3.8, 4) is 0 Å². The van der Waals surface area contributed by atoms with Crippen LogP contribution in [0.4, 0.5) is 21.6 Å². The molecule has 2 aromatic rings. The summed E-state index contributed by atoms with van der Waals surface area (Å²) in [5.74, 6) is -1.20. The number of aromatic carboxylic acids is 1. The van der Waals surface area contributed by atoms with E-state index in [1.807, 2.05) is 6.92 Å². The Labute approximate surface area is 115 Å².